The molecule has 1 aliphatic heterocycles. The van der Waals surface area contributed by atoms with Gasteiger partial charge in [0.15, 0.2) is 0 Å². The largest absolute Gasteiger partial charge is 0.335 e. The van der Waals surface area contributed by atoms with Gasteiger partial charge in [-0.1, -0.05) is 19.1 Å². The topological polar surface area (TPSA) is 46.3 Å². The fraction of sp³-hybridized carbons (Fsp3) is 0.500. The molecule has 106 valence electrons. The first-order valence-corrected chi connectivity index (χ1v) is 6.39. The lowest BCUT2D eigenvalue weighted by Gasteiger charge is -2.27. The monoisotopic (exact) mass is 286 g/mol. The zero-order chi connectivity index (χ0) is 13.1. The smallest absolute Gasteiger partial charge is 0.227 e. The van der Waals surface area contributed by atoms with Crippen LogP contribution in [0, 0.1) is 11.7 Å². The lowest BCUT2D eigenvalue weighted by Crippen LogP contribution is -2.37. The van der Waals surface area contributed by atoms with Gasteiger partial charge in [-0.25, -0.2) is 4.39 Å². The summed E-state index contributed by atoms with van der Waals surface area (Å²) in [5, 5.41) is 0. The quantitative estimate of drug-likeness (QED) is 0.928. The Labute approximate surface area is 119 Å². The zero-order valence-electron chi connectivity index (χ0n) is 11.0. The van der Waals surface area contributed by atoms with Gasteiger partial charge in [-0.2, -0.15) is 0 Å². The van der Waals surface area contributed by atoms with Crippen LogP contribution in [0.1, 0.15) is 31.4 Å². The number of carbonyl (C=O) groups excluding carboxylic acids is 1. The highest BCUT2D eigenvalue weighted by Crippen LogP contribution is 2.33. The van der Waals surface area contributed by atoms with Gasteiger partial charge in [-0.3, -0.25) is 4.79 Å². The van der Waals surface area contributed by atoms with E-state index in [1.54, 1.807) is 6.07 Å². The first-order chi connectivity index (χ1) is 8.63. The summed E-state index contributed by atoms with van der Waals surface area (Å²) in [6.07, 6.45) is 1.86. The average Bonchev–Trinajstić information content (AvgIpc) is 2.86. The highest BCUT2D eigenvalue weighted by molar-refractivity contribution is 5.85. The Morgan fingerprint density at radius 1 is 1.58 bits per heavy atom. The number of hydrogen-bond acceptors (Lipinski definition) is 2. The van der Waals surface area contributed by atoms with Crippen molar-refractivity contribution in [2.75, 3.05) is 13.1 Å². The normalized spacial score (nSPS) is 19.9. The summed E-state index contributed by atoms with van der Waals surface area (Å²) in [4.78, 5) is 14.0. The number of amides is 1. The van der Waals surface area contributed by atoms with E-state index >= 15 is 0 Å². The predicted molar refractivity (Wildman–Crippen MR) is 75.6 cm³/mol. The van der Waals surface area contributed by atoms with Crippen molar-refractivity contribution in [3.05, 3.63) is 35.6 Å². The summed E-state index contributed by atoms with van der Waals surface area (Å²) in [6.45, 7) is 2.93. The molecule has 1 aromatic rings. The highest BCUT2D eigenvalue weighted by Gasteiger charge is 2.31. The van der Waals surface area contributed by atoms with Crippen LogP contribution in [0.4, 0.5) is 4.39 Å². The number of halogens is 2. The second-order valence-electron chi connectivity index (χ2n) is 4.88. The van der Waals surface area contributed by atoms with E-state index in [2.05, 4.69) is 0 Å². The second-order valence-corrected chi connectivity index (χ2v) is 4.88. The van der Waals surface area contributed by atoms with Gasteiger partial charge in [-0.05, 0) is 30.5 Å². The maximum absolute atomic E-state index is 13.3. The summed E-state index contributed by atoms with van der Waals surface area (Å²) in [5.41, 5.74) is 6.42. The van der Waals surface area contributed by atoms with Gasteiger partial charge >= 0.3 is 0 Å². The SMILES string of the molecule is CC(CN)C(=O)N1CCCC1c1cccc(F)c1.Cl. The Morgan fingerprint density at radius 2 is 2.32 bits per heavy atom. The van der Waals surface area contributed by atoms with Gasteiger partial charge < -0.3 is 10.6 Å². The highest BCUT2D eigenvalue weighted by atomic mass is 35.5. The molecule has 5 heteroatoms. The van der Waals surface area contributed by atoms with Crippen LogP contribution in [-0.4, -0.2) is 23.9 Å². The fourth-order valence-corrected chi connectivity index (χ4v) is 2.47. The van der Waals surface area contributed by atoms with Crippen molar-refractivity contribution in [3.63, 3.8) is 0 Å². The Hall–Kier alpha value is -1.13. The summed E-state index contributed by atoms with van der Waals surface area (Å²) < 4.78 is 13.3. The molecule has 0 aromatic heterocycles. The van der Waals surface area contributed by atoms with E-state index in [0.29, 0.717) is 6.54 Å². The van der Waals surface area contributed by atoms with Gasteiger partial charge in [-0.15, -0.1) is 12.4 Å². The summed E-state index contributed by atoms with van der Waals surface area (Å²) in [7, 11) is 0. The predicted octanol–water partition coefficient (Wildman–Crippen LogP) is 2.51. The molecular weight excluding hydrogens is 267 g/mol. The molecule has 2 atom stereocenters. The number of nitrogens with zero attached hydrogens (tertiary/aromatic N) is 1. The molecule has 0 saturated carbocycles. The minimum Gasteiger partial charge on any atom is -0.335 e. The Kier molecular flexibility index (Phi) is 5.76. The molecule has 1 aromatic carbocycles. The van der Waals surface area contributed by atoms with Gasteiger partial charge in [0.2, 0.25) is 5.91 Å². The third-order valence-electron chi connectivity index (χ3n) is 3.54. The van der Waals surface area contributed by atoms with E-state index in [1.165, 1.54) is 12.1 Å². The number of carbonyl (C=O) groups is 1. The van der Waals surface area contributed by atoms with Crippen molar-refractivity contribution >= 4 is 18.3 Å². The Morgan fingerprint density at radius 3 is 2.95 bits per heavy atom. The number of rotatable bonds is 3. The Balaban J connectivity index is 0.00000180. The number of likely N-dealkylation sites (tertiary alicyclic amines) is 1. The molecule has 0 spiro atoms. The molecule has 2 unspecified atom stereocenters. The lowest BCUT2D eigenvalue weighted by molar-refractivity contribution is -0.135. The lowest BCUT2D eigenvalue weighted by atomic mass is 10.0. The zero-order valence-corrected chi connectivity index (χ0v) is 11.8. The number of benzene rings is 1. The fourth-order valence-electron chi connectivity index (χ4n) is 2.47. The van der Waals surface area contributed by atoms with E-state index in [1.807, 2.05) is 17.9 Å². The molecule has 1 saturated heterocycles. The third-order valence-corrected chi connectivity index (χ3v) is 3.54. The summed E-state index contributed by atoms with van der Waals surface area (Å²) >= 11 is 0. The molecule has 0 bridgehead atoms. The van der Waals surface area contributed by atoms with Crippen LogP contribution in [0.5, 0.6) is 0 Å². The maximum atomic E-state index is 13.3. The molecular formula is C14H20ClFN2O. The van der Waals surface area contributed by atoms with Crippen molar-refractivity contribution in [1.29, 1.82) is 0 Å². The van der Waals surface area contributed by atoms with Crippen LogP contribution in [0.25, 0.3) is 0 Å². The standard InChI is InChI=1S/C14H19FN2O.ClH/c1-10(9-16)14(18)17-7-3-6-13(17)11-4-2-5-12(15)8-11;/h2,4-5,8,10,13H,3,6-7,9,16H2,1H3;1H. The molecule has 3 nitrogen and oxygen atoms in total. The molecule has 0 radical (unpaired) electrons. The van der Waals surface area contributed by atoms with Gasteiger partial charge in [0.1, 0.15) is 5.82 Å². The van der Waals surface area contributed by atoms with E-state index in [-0.39, 0.29) is 36.1 Å². The summed E-state index contributed by atoms with van der Waals surface area (Å²) in [5.74, 6) is -0.345. The van der Waals surface area contributed by atoms with Crippen LogP contribution in [0.3, 0.4) is 0 Å². The van der Waals surface area contributed by atoms with Crippen molar-refractivity contribution in [3.8, 4) is 0 Å². The minimum absolute atomic E-state index is 0. The van der Waals surface area contributed by atoms with Gasteiger partial charge in [0.05, 0.1) is 6.04 Å². The molecule has 19 heavy (non-hydrogen) atoms. The van der Waals surface area contributed by atoms with E-state index < -0.39 is 0 Å². The van der Waals surface area contributed by atoms with Crippen LogP contribution >= 0.6 is 12.4 Å². The van der Waals surface area contributed by atoms with Crippen molar-refractivity contribution in [2.24, 2.45) is 11.7 Å². The number of nitrogens with two attached hydrogens (primary N) is 1. The van der Waals surface area contributed by atoms with E-state index in [0.717, 1.165) is 24.9 Å². The molecule has 0 aliphatic carbocycles. The van der Waals surface area contributed by atoms with Crippen molar-refractivity contribution in [2.45, 2.75) is 25.8 Å². The molecule has 2 N–H and O–H groups in total. The average molecular weight is 287 g/mol. The van der Waals surface area contributed by atoms with E-state index in [9.17, 15) is 9.18 Å². The van der Waals surface area contributed by atoms with Crippen LogP contribution in [0.2, 0.25) is 0 Å². The third kappa shape index (κ3) is 3.45. The maximum Gasteiger partial charge on any atom is 0.227 e. The first kappa shape index (κ1) is 15.9. The first-order valence-electron chi connectivity index (χ1n) is 6.39. The van der Waals surface area contributed by atoms with Crippen molar-refractivity contribution < 1.29 is 9.18 Å². The minimum atomic E-state index is -0.251. The molecule has 1 heterocycles. The van der Waals surface area contributed by atoms with Crippen molar-refractivity contribution in [1.82, 2.24) is 4.90 Å². The van der Waals surface area contributed by atoms with Crippen LogP contribution in [0.15, 0.2) is 24.3 Å². The van der Waals surface area contributed by atoms with E-state index in [4.69, 9.17) is 5.73 Å². The number of hydrogen-bond donors (Lipinski definition) is 1. The molecule has 1 amide bonds. The molecule has 1 aliphatic rings. The van der Waals surface area contributed by atoms with Crippen LogP contribution < -0.4 is 5.73 Å². The van der Waals surface area contributed by atoms with Crippen LogP contribution in [-0.2, 0) is 4.79 Å². The second kappa shape index (κ2) is 6.87. The Bertz CT molecular complexity index is 441. The van der Waals surface area contributed by atoms with Gasteiger partial charge in [0.25, 0.3) is 0 Å². The molecule has 1 fully saturated rings. The van der Waals surface area contributed by atoms with Gasteiger partial charge in [0, 0.05) is 19.0 Å². The molecule has 2 rings (SSSR count). The summed E-state index contributed by atoms with van der Waals surface area (Å²) in [6, 6.07) is 6.52.